The Balaban J connectivity index is 0.000000173. The van der Waals surface area contributed by atoms with Crippen molar-refractivity contribution in [2.45, 2.75) is 34.2 Å². The lowest BCUT2D eigenvalue weighted by Gasteiger charge is -2.07. The first kappa shape index (κ1) is 38.6. The van der Waals surface area contributed by atoms with Crippen LogP contribution in [-0.4, -0.2) is 6.72 Å². The van der Waals surface area contributed by atoms with E-state index in [4.69, 9.17) is 20.0 Å². The first-order valence-corrected chi connectivity index (χ1v) is 17.3. The van der Waals surface area contributed by atoms with Crippen LogP contribution in [0.4, 0.5) is 0 Å². The minimum absolute atomic E-state index is 0.530. The molecule has 0 saturated carbocycles. The molecule has 0 radical (unpaired) electrons. The van der Waals surface area contributed by atoms with Crippen molar-refractivity contribution in [3.8, 4) is 11.1 Å². The van der Waals surface area contributed by atoms with Crippen molar-refractivity contribution in [3.63, 3.8) is 0 Å². The topological polar surface area (TPSA) is 76.2 Å². The third-order valence-electron chi connectivity index (χ3n) is 8.41. The van der Waals surface area contributed by atoms with E-state index in [1.165, 1.54) is 44.2 Å². The van der Waals surface area contributed by atoms with Gasteiger partial charge in [0.1, 0.15) is 22.2 Å². The van der Waals surface area contributed by atoms with E-state index in [0.717, 1.165) is 38.3 Å². The Hall–Kier alpha value is -6.23. The highest BCUT2D eigenvalue weighted by Crippen LogP contribution is 2.29. The number of para-hydroxylation sites is 1. The van der Waals surface area contributed by atoms with Gasteiger partial charge in [-0.15, -0.1) is 0 Å². The number of benzene rings is 5. The number of hydrogen-bond donors (Lipinski definition) is 2. The highest BCUT2D eigenvalue weighted by atomic mass is 16.3. The molecule has 0 spiro atoms. The first-order chi connectivity index (χ1) is 25.4. The molecule has 0 bridgehead atoms. The molecule has 0 aliphatic heterocycles. The minimum atomic E-state index is 0.530. The van der Waals surface area contributed by atoms with Crippen molar-refractivity contribution in [1.82, 2.24) is 0 Å². The summed E-state index contributed by atoms with van der Waals surface area (Å²) in [5, 5.41) is 10.1. The van der Waals surface area contributed by atoms with Crippen LogP contribution in [0.25, 0.3) is 61.8 Å². The van der Waals surface area contributed by atoms with Crippen molar-refractivity contribution >= 4 is 57.4 Å². The standard InChI is InChI=1S/C20H20.C14H15NO.C13H10O.CH3N/c1-4-6-10-17(5-2)19-12-8-13-20(15-19)18-11-7-9-16(3)14-18;1-3-5-11-12-7-6-10(9-15)8-14(12)16-13(11)4-2;1-9-6-7-11-10-4-2-3-5-12(10)14-13(11)8-9;1-2/h4-15H,1H2,2-3H3;3-8H,1,9,15H2,2H3;2-8H,1H3;2H,1H2/b10-6-,17-5+;11-5-,13-4+;;. The molecule has 7 rings (SSSR count). The molecule has 0 saturated heterocycles. The van der Waals surface area contributed by atoms with Crippen LogP contribution in [0.5, 0.6) is 0 Å². The quantitative estimate of drug-likeness (QED) is 0.135. The number of allylic oxidation sites excluding steroid dienone is 6. The molecule has 4 nitrogen and oxygen atoms in total. The number of nitrogens with two attached hydrogens (primary N) is 1. The number of hydrogen-bond acceptors (Lipinski definition) is 4. The van der Waals surface area contributed by atoms with Gasteiger partial charge in [-0.3, -0.25) is 0 Å². The van der Waals surface area contributed by atoms with Crippen LogP contribution < -0.4 is 16.4 Å². The van der Waals surface area contributed by atoms with E-state index in [2.05, 4.69) is 126 Å². The zero-order valence-electron chi connectivity index (χ0n) is 30.7. The predicted molar refractivity (Wildman–Crippen MR) is 226 cm³/mol. The molecule has 5 aromatic carbocycles. The number of rotatable bonds is 6. The lowest BCUT2D eigenvalue weighted by Crippen LogP contribution is -2.18. The SMILES string of the molecule is C=C/C=C\C(=C/C)c1cccc(-c2cccc(C)c2)c1.C=C/C=c1\c(=C/C)oc2cc(CN)ccc12.C=N.Cc1ccc2c(c1)oc1ccccc12. The molecule has 262 valence electrons. The van der Waals surface area contributed by atoms with Gasteiger partial charge in [-0.2, -0.15) is 0 Å². The summed E-state index contributed by atoms with van der Waals surface area (Å²) >= 11 is 0. The van der Waals surface area contributed by atoms with Gasteiger partial charge in [0.05, 0.1) is 0 Å². The largest absolute Gasteiger partial charge is 0.456 e. The van der Waals surface area contributed by atoms with Gasteiger partial charge in [0, 0.05) is 27.9 Å². The molecule has 0 aliphatic carbocycles. The van der Waals surface area contributed by atoms with E-state index >= 15 is 0 Å². The van der Waals surface area contributed by atoms with E-state index < -0.39 is 0 Å². The lowest BCUT2D eigenvalue weighted by atomic mass is 9.98. The second-order valence-electron chi connectivity index (χ2n) is 12.0. The number of fused-ring (bicyclic) bond motifs is 4. The molecular formula is C48H48N2O2. The van der Waals surface area contributed by atoms with Gasteiger partial charge < -0.3 is 20.0 Å². The van der Waals surface area contributed by atoms with E-state index in [1.54, 1.807) is 12.2 Å². The van der Waals surface area contributed by atoms with Crippen molar-refractivity contribution in [1.29, 1.82) is 5.41 Å². The minimum Gasteiger partial charge on any atom is -0.456 e. The van der Waals surface area contributed by atoms with Crippen molar-refractivity contribution in [2.75, 3.05) is 0 Å². The molecular weight excluding hydrogens is 637 g/mol. The molecule has 0 atom stereocenters. The Morgan fingerprint density at radius 3 is 2.04 bits per heavy atom. The van der Waals surface area contributed by atoms with Crippen LogP contribution in [-0.2, 0) is 6.54 Å². The summed E-state index contributed by atoms with van der Waals surface area (Å²) in [5.41, 5.74) is 17.8. The number of aryl methyl sites for hydroxylation is 2. The Kier molecular flexibility index (Phi) is 14.3. The molecule has 0 fully saturated rings. The monoisotopic (exact) mass is 684 g/mol. The molecule has 3 N–H and O–H groups in total. The fourth-order valence-corrected chi connectivity index (χ4v) is 5.88. The summed E-state index contributed by atoms with van der Waals surface area (Å²) in [6, 6.07) is 37.7. The predicted octanol–water partition coefficient (Wildman–Crippen LogP) is 11.6. The maximum Gasteiger partial charge on any atom is 0.135 e. The number of nitrogens with one attached hydrogen (secondary N) is 1. The molecule has 2 aromatic heterocycles. The smallest absolute Gasteiger partial charge is 0.135 e. The second-order valence-corrected chi connectivity index (χ2v) is 12.0. The van der Waals surface area contributed by atoms with Gasteiger partial charge in [0.15, 0.2) is 0 Å². The third-order valence-corrected chi connectivity index (χ3v) is 8.41. The third kappa shape index (κ3) is 9.51. The van der Waals surface area contributed by atoms with Gasteiger partial charge in [-0.05, 0) is 98.1 Å². The van der Waals surface area contributed by atoms with Crippen LogP contribution in [0.15, 0.2) is 162 Å². The zero-order chi connectivity index (χ0) is 37.5. The van der Waals surface area contributed by atoms with Gasteiger partial charge in [-0.1, -0.05) is 140 Å². The summed E-state index contributed by atoms with van der Waals surface area (Å²) in [4.78, 5) is 0. The van der Waals surface area contributed by atoms with E-state index in [0.29, 0.717) is 6.54 Å². The molecule has 52 heavy (non-hydrogen) atoms. The highest BCUT2D eigenvalue weighted by molar-refractivity contribution is 6.04. The van der Waals surface area contributed by atoms with Gasteiger partial charge in [0.2, 0.25) is 0 Å². The highest BCUT2D eigenvalue weighted by Gasteiger charge is 2.06. The zero-order valence-corrected chi connectivity index (χ0v) is 30.7. The maximum atomic E-state index is 5.75. The van der Waals surface area contributed by atoms with Gasteiger partial charge in [-0.25, -0.2) is 0 Å². The Morgan fingerprint density at radius 2 is 1.35 bits per heavy atom. The summed E-state index contributed by atoms with van der Waals surface area (Å²) in [5.74, 6) is 0. The molecule has 0 amide bonds. The van der Waals surface area contributed by atoms with E-state index in [9.17, 15) is 0 Å². The normalized spacial score (nSPS) is 11.8. The molecule has 2 heterocycles. The van der Waals surface area contributed by atoms with Crippen LogP contribution in [0.3, 0.4) is 0 Å². The fraction of sp³-hybridized carbons (Fsp3) is 0.104. The average molecular weight is 685 g/mol. The first-order valence-electron chi connectivity index (χ1n) is 17.3. The molecule has 0 aliphatic rings. The van der Waals surface area contributed by atoms with Crippen molar-refractivity contribution < 1.29 is 8.83 Å². The second kappa shape index (κ2) is 19.2. The van der Waals surface area contributed by atoms with Gasteiger partial charge >= 0.3 is 0 Å². The van der Waals surface area contributed by atoms with Crippen LogP contribution in [0.1, 0.15) is 36.1 Å². The summed E-state index contributed by atoms with van der Waals surface area (Å²) in [6.45, 7) is 18.7. The molecule has 7 aromatic rings. The summed E-state index contributed by atoms with van der Waals surface area (Å²) < 4.78 is 11.5. The summed E-state index contributed by atoms with van der Waals surface area (Å²) in [6.07, 6.45) is 13.7. The van der Waals surface area contributed by atoms with Crippen molar-refractivity contribution in [3.05, 3.63) is 186 Å². The molecule has 4 heteroatoms. The van der Waals surface area contributed by atoms with E-state index in [-0.39, 0.29) is 0 Å². The fourth-order valence-electron chi connectivity index (χ4n) is 5.88. The van der Waals surface area contributed by atoms with Crippen LogP contribution in [0.2, 0.25) is 0 Å². The van der Waals surface area contributed by atoms with Crippen LogP contribution >= 0.6 is 0 Å². The summed E-state index contributed by atoms with van der Waals surface area (Å²) in [7, 11) is 0. The van der Waals surface area contributed by atoms with Gasteiger partial charge in [0.25, 0.3) is 0 Å². The Labute approximate surface area is 307 Å². The lowest BCUT2D eigenvalue weighted by molar-refractivity contribution is 0.574. The maximum absolute atomic E-state index is 5.75. The van der Waals surface area contributed by atoms with Crippen LogP contribution in [0, 0.1) is 19.3 Å². The molecule has 0 unspecified atom stereocenters. The Bertz CT molecular complexity index is 2470. The van der Waals surface area contributed by atoms with Crippen molar-refractivity contribution in [2.24, 2.45) is 5.73 Å². The van der Waals surface area contributed by atoms with E-state index in [1.807, 2.05) is 61.5 Å². The average Bonchev–Trinajstić information content (AvgIpc) is 3.73. The number of furan rings is 2. The Morgan fingerprint density at radius 1 is 0.673 bits per heavy atom.